The normalized spacial score (nSPS) is 12.9. The quantitative estimate of drug-likeness (QED) is 0.662. The summed E-state index contributed by atoms with van der Waals surface area (Å²) in [5.74, 6) is -0.983. The fourth-order valence-corrected chi connectivity index (χ4v) is 0.909. The number of hydrogen-bond donors (Lipinski definition) is 2. The van der Waals surface area contributed by atoms with Gasteiger partial charge in [0.2, 0.25) is 0 Å². The molecule has 80 valence electrons. The highest BCUT2D eigenvalue weighted by molar-refractivity contribution is 5.74. The van der Waals surface area contributed by atoms with E-state index < -0.39 is 17.4 Å². The molecule has 0 saturated heterocycles. The van der Waals surface area contributed by atoms with Crippen LogP contribution in [0.5, 0.6) is 0 Å². The molecule has 0 aliphatic heterocycles. The van der Waals surface area contributed by atoms with E-state index in [0.717, 1.165) is 12.8 Å². The summed E-state index contributed by atoms with van der Waals surface area (Å²) in [4.78, 5) is 10.7. The molecule has 0 aliphatic carbocycles. The monoisotopic (exact) mass is 197 g/mol. The lowest BCUT2D eigenvalue weighted by Gasteiger charge is -2.23. The summed E-state index contributed by atoms with van der Waals surface area (Å²) in [6.07, 6.45) is 5.64. The van der Waals surface area contributed by atoms with Crippen LogP contribution in [0.2, 0.25) is 0 Å². The first-order chi connectivity index (χ1) is 6.41. The van der Waals surface area contributed by atoms with E-state index in [0.29, 0.717) is 0 Å². The topological polar surface area (TPSA) is 63.3 Å². The Bertz CT molecular complexity index is 250. The Hall–Kier alpha value is -1.05. The van der Waals surface area contributed by atoms with E-state index >= 15 is 0 Å². The molecule has 0 heterocycles. The molecule has 3 N–H and O–H groups in total. The SMILES string of the molecule is CCCC=C=CC(C)(C)C(N)C(=O)O. The van der Waals surface area contributed by atoms with E-state index in [1.165, 1.54) is 0 Å². The molecule has 14 heavy (non-hydrogen) atoms. The van der Waals surface area contributed by atoms with Crippen molar-refractivity contribution in [2.45, 2.75) is 39.7 Å². The molecular weight excluding hydrogens is 178 g/mol. The second kappa shape index (κ2) is 5.63. The minimum atomic E-state index is -0.983. The first kappa shape index (κ1) is 12.9. The molecule has 0 aromatic rings. The van der Waals surface area contributed by atoms with Gasteiger partial charge >= 0.3 is 5.97 Å². The highest BCUT2D eigenvalue weighted by atomic mass is 16.4. The first-order valence-corrected chi connectivity index (χ1v) is 4.82. The van der Waals surface area contributed by atoms with Crippen molar-refractivity contribution >= 4 is 5.97 Å². The summed E-state index contributed by atoms with van der Waals surface area (Å²) < 4.78 is 0. The molecule has 0 fully saturated rings. The Morgan fingerprint density at radius 2 is 2.21 bits per heavy atom. The number of rotatable bonds is 5. The van der Waals surface area contributed by atoms with Gasteiger partial charge < -0.3 is 10.8 Å². The number of carboxylic acids is 1. The molecule has 1 unspecified atom stereocenters. The average molecular weight is 197 g/mol. The van der Waals surface area contributed by atoms with Crippen molar-refractivity contribution in [1.29, 1.82) is 0 Å². The van der Waals surface area contributed by atoms with Gasteiger partial charge in [0.05, 0.1) is 0 Å². The van der Waals surface area contributed by atoms with E-state index in [1.54, 1.807) is 19.9 Å². The summed E-state index contributed by atoms with van der Waals surface area (Å²) in [6.45, 7) is 5.66. The summed E-state index contributed by atoms with van der Waals surface area (Å²) in [7, 11) is 0. The van der Waals surface area contributed by atoms with E-state index in [-0.39, 0.29) is 0 Å². The smallest absolute Gasteiger partial charge is 0.321 e. The third-order valence-electron chi connectivity index (χ3n) is 2.07. The Balaban J connectivity index is 4.47. The van der Waals surface area contributed by atoms with Gasteiger partial charge in [-0.3, -0.25) is 4.79 Å². The first-order valence-electron chi connectivity index (χ1n) is 4.82. The van der Waals surface area contributed by atoms with Gasteiger partial charge in [0.1, 0.15) is 6.04 Å². The molecule has 0 bridgehead atoms. The number of carboxylic acid groups (broad SMARTS) is 1. The molecule has 3 nitrogen and oxygen atoms in total. The maximum absolute atomic E-state index is 10.7. The molecule has 0 aromatic heterocycles. The van der Waals surface area contributed by atoms with Crippen LogP contribution < -0.4 is 5.73 Å². The Labute approximate surface area is 85.3 Å². The molecule has 0 aromatic carbocycles. The summed E-state index contributed by atoms with van der Waals surface area (Å²) >= 11 is 0. The second-order valence-corrected chi connectivity index (χ2v) is 3.94. The van der Waals surface area contributed by atoms with Crippen LogP contribution in [0.4, 0.5) is 0 Å². The fourth-order valence-electron chi connectivity index (χ4n) is 0.909. The zero-order valence-corrected chi connectivity index (χ0v) is 9.08. The zero-order chi connectivity index (χ0) is 11.2. The third kappa shape index (κ3) is 4.26. The molecule has 1 atom stereocenters. The Morgan fingerprint density at radius 1 is 1.64 bits per heavy atom. The highest BCUT2D eigenvalue weighted by Gasteiger charge is 2.29. The summed E-state index contributed by atoms with van der Waals surface area (Å²) in [6, 6.07) is -0.884. The van der Waals surface area contributed by atoms with Crippen molar-refractivity contribution in [2.24, 2.45) is 11.1 Å². The van der Waals surface area contributed by atoms with Crippen LogP contribution in [0.1, 0.15) is 33.6 Å². The van der Waals surface area contributed by atoms with Crippen LogP contribution in [-0.2, 0) is 4.79 Å². The maximum atomic E-state index is 10.7. The summed E-state index contributed by atoms with van der Waals surface area (Å²) in [5, 5.41) is 8.74. The average Bonchev–Trinajstić information content (AvgIpc) is 2.11. The van der Waals surface area contributed by atoms with Gasteiger partial charge in [0.25, 0.3) is 0 Å². The molecular formula is C11H19NO2. The van der Waals surface area contributed by atoms with Gasteiger partial charge in [-0.2, -0.15) is 0 Å². The van der Waals surface area contributed by atoms with Crippen molar-refractivity contribution < 1.29 is 9.90 Å². The molecule has 0 amide bonds. The van der Waals surface area contributed by atoms with E-state index in [2.05, 4.69) is 12.7 Å². The maximum Gasteiger partial charge on any atom is 0.321 e. The zero-order valence-electron chi connectivity index (χ0n) is 9.08. The van der Waals surface area contributed by atoms with E-state index in [9.17, 15) is 4.79 Å². The van der Waals surface area contributed by atoms with Gasteiger partial charge in [-0.05, 0) is 18.6 Å². The van der Waals surface area contributed by atoms with Crippen molar-refractivity contribution in [3.8, 4) is 0 Å². The molecule has 0 saturated carbocycles. The molecule has 0 rings (SSSR count). The van der Waals surface area contributed by atoms with Gasteiger partial charge in [-0.1, -0.05) is 27.2 Å². The summed E-state index contributed by atoms with van der Waals surface area (Å²) in [5.41, 5.74) is 7.93. The van der Waals surface area contributed by atoms with E-state index in [1.807, 2.05) is 6.08 Å². The van der Waals surface area contributed by atoms with Crippen LogP contribution in [0, 0.1) is 5.41 Å². The van der Waals surface area contributed by atoms with Crippen molar-refractivity contribution in [1.82, 2.24) is 0 Å². The van der Waals surface area contributed by atoms with Crippen molar-refractivity contribution in [3.63, 3.8) is 0 Å². The Morgan fingerprint density at radius 3 is 2.64 bits per heavy atom. The van der Waals surface area contributed by atoms with Gasteiger partial charge in [0.15, 0.2) is 0 Å². The second-order valence-electron chi connectivity index (χ2n) is 3.94. The van der Waals surface area contributed by atoms with Crippen LogP contribution in [0.3, 0.4) is 0 Å². The predicted molar refractivity (Wildman–Crippen MR) is 57.0 cm³/mol. The fraction of sp³-hybridized carbons (Fsp3) is 0.636. The van der Waals surface area contributed by atoms with Crippen molar-refractivity contribution in [3.05, 3.63) is 17.9 Å². The number of hydrogen-bond acceptors (Lipinski definition) is 2. The minimum Gasteiger partial charge on any atom is -0.480 e. The number of nitrogens with two attached hydrogens (primary N) is 1. The molecule has 3 heteroatoms. The number of unbranched alkanes of at least 4 members (excludes halogenated alkanes) is 1. The van der Waals surface area contributed by atoms with Gasteiger partial charge in [-0.25, -0.2) is 0 Å². The molecule has 0 aliphatic rings. The van der Waals surface area contributed by atoms with Crippen molar-refractivity contribution in [2.75, 3.05) is 0 Å². The minimum absolute atomic E-state index is 0.559. The van der Waals surface area contributed by atoms with Crippen LogP contribution in [-0.4, -0.2) is 17.1 Å². The molecule has 0 radical (unpaired) electrons. The molecule has 0 spiro atoms. The Kier molecular flexibility index (Phi) is 5.21. The third-order valence-corrected chi connectivity index (χ3v) is 2.07. The standard InChI is InChI=1S/C11H19NO2/c1-4-5-6-7-8-11(2,3)9(12)10(13)14/h6,8-9H,4-5,12H2,1-3H3,(H,13,14). The van der Waals surface area contributed by atoms with Gasteiger partial charge in [0, 0.05) is 5.41 Å². The van der Waals surface area contributed by atoms with Crippen LogP contribution in [0.25, 0.3) is 0 Å². The lowest BCUT2D eigenvalue weighted by atomic mass is 9.85. The van der Waals surface area contributed by atoms with Crippen LogP contribution >= 0.6 is 0 Å². The lowest BCUT2D eigenvalue weighted by Crippen LogP contribution is -2.42. The van der Waals surface area contributed by atoms with E-state index in [4.69, 9.17) is 10.8 Å². The highest BCUT2D eigenvalue weighted by Crippen LogP contribution is 2.20. The van der Waals surface area contributed by atoms with Crippen LogP contribution in [0.15, 0.2) is 17.9 Å². The van der Waals surface area contributed by atoms with Gasteiger partial charge in [-0.15, -0.1) is 5.73 Å². The largest absolute Gasteiger partial charge is 0.480 e. The number of carbonyl (C=O) groups is 1. The lowest BCUT2D eigenvalue weighted by molar-refractivity contribution is -0.140. The number of aliphatic carboxylic acids is 1. The predicted octanol–water partition coefficient (Wildman–Crippen LogP) is 1.94.